The number of anilines is 12. The number of hydrogen-bond acceptors (Lipinski definition) is 6. The van der Waals surface area contributed by atoms with Crippen molar-refractivity contribution < 1.29 is 8.83 Å². The van der Waals surface area contributed by atoms with E-state index >= 15 is 0 Å². The average Bonchev–Trinajstić information content (AvgIpc) is 1.49. The molecule has 2 aliphatic heterocycles. The largest absolute Gasteiger partial charge is 0.454 e. The highest BCUT2D eigenvalue weighted by molar-refractivity contribution is 6.27. The first kappa shape index (κ1) is 60.8. The van der Waals surface area contributed by atoms with Gasteiger partial charge in [-0.1, -0.05) is 291 Å². The van der Waals surface area contributed by atoms with Gasteiger partial charge in [-0.15, -0.1) is 0 Å². The van der Waals surface area contributed by atoms with Crippen molar-refractivity contribution in [3.63, 3.8) is 0 Å². The molecule has 110 heavy (non-hydrogen) atoms. The van der Waals surface area contributed by atoms with E-state index in [0.717, 1.165) is 112 Å². The molecule has 2 aliphatic carbocycles. The first-order valence-corrected chi connectivity index (χ1v) is 38.0. The van der Waals surface area contributed by atoms with Crippen LogP contribution in [-0.2, 0) is 10.8 Å². The molecule has 0 atom stereocenters. The fourth-order valence-electron chi connectivity index (χ4n) is 20.0. The standard InChI is InChI=1S/C104H64N4O2/c1-5-29-65(30-6-1)103(66-31-7-2-8-32-66)85-45-19-15-39-75(85)83-61-95-97(63-87(83)103)105(89-47-21-23-49-91(89)107(95)93-51-27-43-79-77-41-17-25-53-99(77)109-101(79)93)69-55-57-73-74-58-56-70(60-82(74)72-38-14-13-37-71(72)81(73)59-69)106-90-48-22-24-50-92(90)108(94-52-28-44-80-78-42-18-26-54-100(78)110-102(80)94)96-62-84-76-40-16-20-46-86(76)104(88(84)64-98(96)106,67-33-9-3-10-34-67)68-35-11-4-12-36-68/h1-64H. The van der Waals surface area contributed by atoms with Gasteiger partial charge in [-0.05, 0) is 196 Å². The fraction of sp³-hybridized carbons (Fsp3) is 0.0192. The van der Waals surface area contributed by atoms with Crippen molar-refractivity contribution in [2.45, 2.75) is 10.8 Å². The molecule has 6 nitrogen and oxygen atoms in total. The lowest BCUT2D eigenvalue weighted by Gasteiger charge is -2.42. The molecule has 2 aromatic heterocycles. The van der Waals surface area contributed by atoms with Crippen molar-refractivity contribution >= 4 is 144 Å². The zero-order valence-electron chi connectivity index (χ0n) is 59.6. The minimum Gasteiger partial charge on any atom is -0.454 e. The molecule has 0 fully saturated rings. The van der Waals surface area contributed by atoms with Crippen molar-refractivity contribution in [2.75, 3.05) is 19.6 Å². The van der Waals surface area contributed by atoms with Crippen molar-refractivity contribution in [3.05, 3.63) is 433 Å². The van der Waals surface area contributed by atoms with Gasteiger partial charge in [0.25, 0.3) is 0 Å². The molecule has 0 radical (unpaired) electrons. The van der Waals surface area contributed by atoms with Crippen LogP contribution in [0.5, 0.6) is 0 Å². The molecule has 0 bridgehead atoms. The van der Waals surface area contributed by atoms with Crippen molar-refractivity contribution in [2.24, 2.45) is 0 Å². The smallest absolute Gasteiger partial charge is 0.159 e. The normalized spacial score (nSPS) is 14.1. The lowest BCUT2D eigenvalue weighted by molar-refractivity contribution is 0.668. The maximum Gasteiger partial charge on any atom is 0.159 e. The lowest BCUT2D eigenvalue weighted by Crippen LogP contribution is -2.29. The summed E-state index contributed by atoms with van der Waals surface area (Å²) < 4.78 is 14.0. The molecule has 6 heteroatoms. The van der Waals surface area contributed by atoms with Crippen LogP contribution in [0.25, 0.3) is 98.4 Å². The number of furan rings is 2. The predicted molar refractivity (Wildman–Crippen MR) is 454 cm³/mol. The highest BCUT2D eigenvalue weighted by Gasteiger charge is 2.50. The molecule has 0 N–H and O–H groups in total. The summed E-state index contributed by atoms with van der Waals surface area (Å²) in [5.74, 6) is 0. The van der Waals surface area contributed by atoms with Gasteiger partial charge in [0.2, 0.25) is 0 Å². The summed E-state index contributed by atoms with van der Waals surface area (Å²) in [7, 11) is 0. The third-order valence-corrected chi connectivity index (χ3v) is 24.4. The van der Waals surface area contributed by atoms with Crippen molar-refractivity contribution in [1.29, 1.82) is 0 Å². The van der Waals surface area contributed by atoms with Crippen LogP contribution in [0.4, 0.5) is 68.2 Å². The summed E-state index contributed by atoms with van der Waals surface area (Å²) in [6, 6.07) is 144. The van der Waals surface area contributed by atoms with E-state index in [1.807, 2.05) is 0 Å². The maximum atomic E-state index is 7.02. The zero-order valence-corrected chi connectivity index (χ0v) is 59.6. The molecule has 18 aromatic carbocycles. The van der Waals surface area contributed by atoms with Crippen LogP contribution in [0.3, 0.4) is 0 Å². The van der Waals surface area contributed by atoms with Crippen LogP contribution in [0.15, 0.2) is 397 Å². The second kappa shape index (κ2) is 23.0. The molecule has 24 rings (SSSR count). The Bertz CT molecular complexity index is 6730. The van der Waals surface area contributed by atoms with Crippen LogP contribution in [0.1, 0.15) is 44.5 Å². The summed E-state index contributed by atoms with van der Waals surface area (Å²) in [5.41, 5.74) is 29.2. The van der Waals surface area contributed by atoms with E-state index in [9.17, 15) is 0 Å². The number of benzene rings is 18. The third kappa shape index (κ3) is 8.20. The Morgan fingerprint density at radius 3 is 0.873 bits per heavy atom. The van der Waals surface area contributed by atoms with E-state index in [4.69, 9.17) is 8.83 Å². The highest BCUT2D eigenvalue weighted by atomic mass is 16.3. The van der Waals surface area contributed by atoms with E-state index in [-0.39, 0.29) is 0 Å². The van der Waals surface area contributed by atoms with Gasteiger partial charge in [-0.3, -0.25) is 0 Å². The third-order valence-electron chi connectivity index (χ3n) is 24.4. The Balaban J connectivity index is 0.735. The second-order valence-electron chi connectivity index (χ2n) is 29.7. The van der Waals surface area contributed by atoms with Crippen molar-refractivity contribution in [3.8, 4) is 22.3 Å². The zero-order chi connectivity index (χ0) is 71.9. The van der Waals surface area contributed by atoms with Gasteiger partial charge < -0.3 is 28.4 Å². The summed E-state index contributed by atoms with van der Waals surface area (Å²) in [4.78, 5) is 10.0. The predicted octanol–water partition coefficient (Wildman–Crippen LogP) is 28.2. The molecule has 0 saturated heterocycles. The number of para-hydroxylation sites is 8. The summed E-state index contributed by atoms with van der Waals surface area (Å²) in [6.45, 7) is 0. The molecule has 0 saturated carbocycles. The summed E-state index contributed by atoms with van der Waals surface area (Å²) in [6.07, 6.45) is 0. The molecule has 0 unspecified atom stereocenters. The Labute approximate surface area is 634 Å². The first-order valence-electron chi connectivity index (χ1n) is 38.0. The number of fused-ring (bicyclic) bond motifs is 22. The topological polar surface area (TPSA) is 39.2 Å². The Morgan fingerprint density at radius 2 is 0.473 bits per heavy atom. The van der Waals surface area contributed by atoms with E-state index in [0.29, 0.717) is 0 Å². The highest BCUT2D eigenvalue weighted by Crippen LogP contribution is 2.66. The molecular formula is C104H64N4O2. The Morgan fingerprint density at radius 1 is 0.173 bits per heavy atom. The quantitative estimate of drug-likeness (QED) is 0.141. The average molecular weight is 1400 g/mol. The molecular weight excluding hydrogens is 1340 g/mol. The minimum atomic E-state index is -0.657. The SMILES string of the molecule is c1ccc(C2(c3ccccc3)c3ccccc3-c3cc4c(cc32)N(c2ccc3c5ccc(N6c7ccccc7N(c7cccc8c7oc7ccccc78)c7cc8c(cc76)C(c6ccccc6)(c6ccccc6)c6ccccc6-8)cc5c5ccccc5c3c2)c2ccccc2N4c2cccc3c2oc2ccccc23)cc1. The van der Waals surface area contributed by atoms with Crippen LogP contribution in [-0.4, -0.2) is 0 Å². The lowest BCUT2D eigenvalue weighted by atomic mass is 9.67. The van der Waals surface area contributed by atoms with E-state index < -0.39 is 10.8 Å². The van der Waals surface area contributed by atoms with E-state index in [2.05, 4.69) is 408 Å². The number of nitrogens with zero attached hydrogens (tertiary/aromatic N) is 4. The van der Waals surface area contributed by atoms with Gasteiger partial charge in [0, 0.05) is 32.9 Å². The molecule has 20 aromatic rings. The monoisotopic (exact) mass is 1400 g/mol. The molecule has 0 spiro atoms. The number of rotatable bonds is 8. The summed E-state index contributed by atoms with van der Waals surface area (Å²) >= 11 is 0. The molecule has 4 aliphatic rings. The van der Waals surface area contributed by atoms with Crippen LogP contribution < -0.4 is 19.6 Å². The molecule has 0 amide bonds. The maximum absolute atomic E-state index is 7.02. The molecule has 512 valence electrons. The van der Waals surface area contributed by atoms with Gasteiger partial charge in [-0.25, -0.2) is 0 Å². The number of hydrogen-bond donors (Lipinski definition) is 0. The van der Waals surface area contributed by atoms with Crippen LogP contribution >= 0.6 is 0 Å². The van der Waals surface area contributed by atoms with Gasteiger partial charge in [-0.2, -0.15) is 0 Å². The second-order valence-corrected chi connectivity index (χ2v) is 29.7. The van der Waals surface area contributed by atoms with Crippen molar-refractivity contribution in [1.82, 2.24) is 0 Å². The Kier molecular flexibility index (Phi) is 12.7. The van der Waals surface area contributed by atoms with Gasteiger partial charge in [0.05, 0.1) is 67.7 Å². The first-order chi connectivity index (χ1) is 54.6. The fourth-order valence-corrected chi connectivity index (χ4v) is 20.0. The summed E-state index contributed by atoms with van der Waals surface area (Å²) in [5, 5.41) is 11.4. The van der Waals surface area contributed by atoms with Gasteiger partial charge in [0.15, 0.2) is 11.2 Å². The van der Waals surface area contributed by atoms with Gasteiger partial charge in [0.1, 0.15) is 11.2 Å². The van der Waals surface area contributed by atoms with E-state index in [1.165, 1.54) is 99.1 Å². The Hall–Kier alpha value is -14.5. The minimum absolute atomic E-state index is 0.657. The van der Waals surface area contributed by atoms with Crippen LogP contribution in [0.2, 0.25) is 0 Å². The van der Waals surface area contributed by atoms with Crippen LogP contribution in [0, 0.1) is 0 Å². The van der Waals surface area contributed by atoms with E-state index in [1.54, 1.807) is 0 Å². The van der Waals surface area contributed by atoms with Gasteiger partial charge >= 0.3 is 0 Å². The molecule has 4 heterocycles.